The first-order valence-corrected chi connectivity index (χ1v) is 8.34. The van der Waals surface area contributed by atoms with Gasteiger partial charge in [-0.05, 0) is 31.0 Å². The van der Waals surface area contributed by atoms with Gasteiger partial charge in [0, 0.05) is 29.1 Å². The summed E-state index contributed by atoms with van der Waals surface area (Å²) in [6.45, 7) is 3.54. The van der Waals surface area contributed by atoms with Crippen molar-refractivity contribution in [3.8, 4) is 5.75 Å². The van der Waals surface area contributed by atoms with E-state index in [1.165, 1.54) is 25.3 Å². The number of hydrogen-bond donors (Lipinski definition) is 0. The van der Waals surface area contributed by atoms with Crippen LogP contribution in [0.3, 0.4) is 0 Å². The molecule has 0 saturated carbocycles. The van der Waals surface area contributed by atoms with Crippen LogP contribution >= 0.6 is 0 Å². The van der Waals surface area contributed by atoms with Crippen LogP contribution in [0.2, 0.25) is 0 Å². The Hall–Kier alpha value is -3.68. The number of methoxy groups -OCH3 is 1. The van der Waals surface area contributed by atoms with Crippen molar-refractivity contribution in [3.63, 3.8) is 0 Å². The first-order chi connectivity index (χ1) is 13.3. The first kappa shape index (κ1) is 19.1. The van der Waals surface area contributed by atoms with Crippen molar-refractivity contribution in [3.05, 3.63) is 79.2 Å². The summed E-state index contributed by atoms with van der Waals surface area (Å²) in [5.41, 5.74) is 1.81. The van der Waals surface area contributed by atoms with Crippen LogP contribution in [0.25, 0.3) is 11.0 Å². The first-order valence-electron chi connectivity index (χ1n) is 8.34. The van der Waals surface area contributed by atoms with Gasteiger partial charge in [-0.15, -0.1) is 0 Å². The molecule has 0 saturated heterocycles. The maximum Gasteiger partial charge on any atom is 0.342 e. The molecular weight excluding hydrogens is 366 g/mol. The molecule has 0 amide bonds. The van der Waals surface area contributed by atoms with Crippen molar-refractivity contribution in [1.82, 2.24) is 0 Å². The quantitative estimate of drug-likeness (QED) is 0.286. The molecule has 0 bridgehead atoms. The number of carbonyl (C=O) groups excluding carboxylic acids is 1. The number of nitro benzene ring substituents is 1. The number of aryl methyl sites for hydroxylation is 2. The summed E-state index contributed by atoms with van der Waals surface area (Å²) in [6, 6.07) is 8.58. The van der Waals surface area contributed by atoms with E-state index in [-0.39, 0.29) is 23.6 Å². The average Bonchev–Trinajstić information content (AvgIpc) is 2.68. The fourth-order valence-electron chi connectivity index (χ4n) is 2.83. The van der Waals surface area contributed by atoms with Crippen molar-refractivity contribution in [2.45, 2.75) is 20.5 Å². The molecule has 0 atom stereocenters. The van der Waals surface area contributed by atoms with Crippen LogP contribution in [0.15, 0.2) is 45.6 Å². The predicted octanol–water partition coefficient (Wildman–Crippen LogP) is 3.68. The van der Waals surface area contributed by atoms with Crippen molar-refractivity contribution in [1.29, 1.82) is 0 Å². The smallest absolute Gasteiger partial charge is 0.342 e. The summed E-state index contributed by atoms with van der Waals surface area (Å²) in [7, 11) is 1.35. The molecule has 28 heavy (non-hydrogen) atoms. The zero-order valence-electron chi connectivity index (χ0n) is 15.5. The van der Waals surface area contributed by atoms with Gasteiger partial charge in [-0.1, -0.05) is 12.1 Å². The molecule has 144 valence electrons. The SMILES string of the molecule is COc1ccc([N+](=O)[O-])cc1C(=O)OCc1cc(=O)oc2c(C)c(C)ccc12. The number of nitro groups is 1. The molecule has 8 heteroatoms. The number of hydrogen-bond acceptors (Lipinski definition) is 7. The number of carbonyl (C=O) groups is 1. The largest absolute Gasteiger partial charge is 0.496 e. The minimum atomic E-state index is -0.800. The Morgan fingerprint density at radius 3 is 2.61 bits per heavy atom. The number of ether oxygens (including phenoxy) is 2. The molecule has 0 aliphatic carbocycles. The van der Waals surface area contributed by atoms with Gasteiger partial charge < -0.3 is 13.9 Å². The molecule has 1 heterocycles. The Labute approximate surface area is 159 Å². The van der Waals surface area contributed by atoms with E-state index in [1.54, 1.807) is 6.07 Å². The molecule has 0 N–H and O–H groups in total. The van der Waals surface area contributed by atoms with Gasteiger partial charge in [0.05, 0.1) is 12.0 Å². The lowest BCUT2D eigenvalue weighted by atomic mass is 10.0. The molecule has 3 rings (SSSR count). The molecular formula is C20H17NO7. The monoisotopic (exact) mass is 383 g/mol. The second kappa shape index (κ2) is 7.51. The highest BCUT2D eigenvalue weighted by Crippen LogP contribution is 2.27. The maximum absolute atomic E-state index is 12.5. The van der Waals surface area contributed by atoms with E-state index in [2.05, 4.69) is 0 Å². The van der Waals surface area contributed by atoms with E-state index in [9.17, 15) is 19.7 Å². The zero-order chi connectivity index (χ0) is 20.4. The van der Waals surface area contributed by atoms with Gasteiger partial charge in [-0.3, -0.25) is 10.1 Å². The van der Waals surface area contributed by atoms with E-state index in [0.717, 1.165) is 17.2 Å². The highest BCUT2D eigenvalue weighted by molar-refractivity contribution is 5.93. The van der Waals surface area contributed by atoms with Gasteiger partial charge in [-0.25, -0.2) is 9.59 Å². The van der Waals surface area contributed by atoms with Crippen molar-refractivity contribution in [2.24, 2.45) is 0 Å². The van der Waals surface area contributed by atoms with Gasteiger partial charge in [0.1, 0.15) is 23.5 Å². The minimum Gasteiger partial charge on any atom is -0.496 e. The fraction of sp³-hybridized carbons (Fsp3) is 0.200. The maximum atomic E-state index is 12.5. The average molecular weight is 383 g/mol. The highest BCUT2D eigenvalue weighted by Gasteiger charge is 2.19. The van der Waals surface area contributed by atoms with Crippen LogP contribution in [-0.2, 0) is 11.3 Å². The Bertz CT molecular complexity index is 1150. The lowest BCUT2D eigenvalue weighted by Gasteiger charge is -2.11. The summed E-state index contributed by atoms with van der Waals surface area (Å²) in [4.78, 5) is 34.7. The van der Waals surface area contributed by atoms with E-state index < -0.39 is 16.5 Å². The van der Waals surface area contributed by atoms with Gasteiger partial charge in [0.15, 0.2) is 0 Å². The third kappa shape index (κ3) is 3.57. The third-order valence-corrected chi connectivity index (χ3v) is 4.49. The van der Waals surface area contributed by atoms with E-state index in [1.807, 2.05) is 19.9 Å². The summed E-state index contributed by atoms with van der Waals surface area (Å²) in [5.74, 6) is -0.648. The van der Waals surface area contributed by atoms with Crippen LogP contribution < -0.4 is 10.4 Å². The second-order valence-electron chi connectivity index (χ2n) is 6.19. The summed E-state index contributed by atoms with van der Waals surface area (Å²) in [6.07, 6.45) is 0. The normalized spacial score (nSPS) is 10.7. The van der Waals surface area contributed by atoms with Crippen molar-refractivity contribution < 1.29 is 23.6 Å². The van der Waals surface area contributed by atoms with Crippen molar-refractivity contribution >= 4 is 22.6 Å². The molecule has 8 nitrogen and oxygen atoms in total. The van der Waals surface area contributed by atoms with Crippen LogP contribution in [0.1, 0.15) is 27.0 Å². The van der Waals surface area contributed by atoms with Gasteiger partial charge >= 0.3 is 11.6 Å². The van der Waals surface area contributed by atoms with E-state index in [0.29, 0.717) is 16.5 Å². The van der Waals surface area contributed by atoms with Gasteiger partial charge in [0.25, 0.3) is 5.69 Å². The molecule has 0 unspecified atom stereocenters. The van der Waals surface area contributed by atoms with Crippen molar-refractivity contribution in [2.75, 3.05) is 7.11 Å². The Morgan fingerprint density at radius 1 is 1.18 bits per heavy atom. The Kier molecular flexibility index (Phi) is 5.12. The van der Waals surface area contributed by atoms with Gasteiger partial charge in [-0.2, -0.15) is 0 Å². The number of benzene rings is 2. The highest BCUT2D eigenvalue weighted by atomic mass is 16.6. The molecule has 1 aromatic heterocycles. The molecule has 2 aromatic carbocycles. The van der Waals surface area contributed by atoms with Crippen LogP contribution in [0.4, 0.5) is 5.69 Å². The number of esters is 1. The van der Waals surface area contributed by atoms with Crippen LogP contribution in [-0.4, -0.2) is 18.0 Å². The number of fused-ring (bicyclic) bond motifs is 1. The molecule has 3 aromatic rings. The molecule has 0 fully saturated rings. The Balaban J connectivity index is 1.94. The molecule has 0 radical (unpaired) electrons. The fourth-order valence-corrected chi connectivity index (χ4v) is 2.83. The molecule has 0 aliphatic rings. The standard InChI is InChI=1S/C20H17NO7/c1-11-4-6-15-13(8-18(22)28-19(15)12(11)2)10-27-20(23)16-9-14(21(24)25)5-7-17(16)26-3/h4-9H,10H2,1-3H3. The molecule has 0 spiro atoms. The number of non-ortho nitro benzene ring substituents is 1. The number of nitrogens with zero attached hydrogens (tertiary/aromatic N) is 1. The topological polar surface area (TPSA) is 109 Å². The van der Waals surface area contributed by atoms with E-state index >= 15 is 0 Å². The third-order valence-electron chi connectivity index (χ3n) is 4.49. The number of rotatable bonds is 5. The zero-order valence-corrected chi connectivity index (χ0v) is 15.5. The Morgan fingerprint density at radius 2 is 1.93 bits per heavy atom. The van der Waals surface area contributed by atoms with Gasteiger partial charge in [0.2, 0.25) is 0 Å². The second-order valence-corrected chi connectivity index (χ2v) is 6.19. The summed E-state index contributed by atoms with van der Waals surface area (Å²) < 4.78 is 15.7. The van der Waals surface area contributed by atoms with E-state index in [4.69, 9.17) is 13.9 Å². The van der Waals surface area contributed by atoms with Crippen LogP contribution in [0, 0.1) is 24.0 Å². The summed E-state index contributed by atoms with van der Waals surface area (Å²) in [5, 5.41) is 11.6. The lowest BCUT2D eigenvalue weighted by Crippen LogP contribution is -2.10. The summed E-state index contributed by atoms with van der Waals surface area (Å²) >= 11 is 0. The molecule has 0 aliphatic heterocycles. The lowest BCUT2D eigenvalue weighted by molar-refractivity contribution is -0.384. The minimum absolute atomic E-state index is 0.0732. The van der Waals surface area contributed by atoms with Crippen LogP contribution in [0.5, 0.6) is 5.75 Å². The predicted molar refractivity (Wildman–Crippen MR) is 101 cm³/mol.